The average Bonchev–Trinajstić information content (AvgIpc) is 2.68. The lowest BCUT2D eigenvalue weighted by Crippen LogP contribution is -2.38. The van der Waals surface area contributed by atoms with Crippen molar-refractivity contribution in [3.63, 3.8) is 0 Å². The number of aromatic nitrogens is 3. The maximum absolute atomic E-state index is 9.35. The molecule has 142 valence electrons. The van der Waals surface area contributed by atoms with Crippen LogP contribution in [0, 0.1) is 14.9 Å². The number of nitriles is 1. The van der Waals surface area contributed by atoms with Gasteiger partial charge < -0.3 is 15.0 Å². The Kier molecular flexibility index (Phi) is 5.54. The van der Waals surface area contributed by atoms with Crippen molar-refractivity contribution in [1.29, 1.82) is 5.26 Å². The molecule has 1 fully saturated rings. The standard InChI is InChI=1S/C20H19IN6O/c1-27-7-3-5-14(12-27)28-20-17(9-22)23-11-19(26-20)25-18-8-13-4-2-6-16(21)15(13)10-24-18/h2,4,6,8,10-11,14H,3,5,7,12H2,1H3,(H,24,25,26). The summed E-state index contributed by atoms with van der Waals surface area (Å²) in [5.41, 5.74) is 0.194. The highest BCUT2D eigenvalue weighted by molar-refractivity contribution is 14.1. The van der Waals surface area contributed by atoms with Gasteiger partial charge in [0.05, 0.1) is 6.20 Å². The fraction of sp³-hybridized carbons (Fsp3) is 0.300. The van der Waals surface area contributed by atoms with Crippen LogP contribution in [0.15, 0.2) is 36.7 Å². The van der Waals surface area contributed by atoms with Crippen LogP contribution >= 0.6 is 22.6 Å². The Hall–Kier alpha value is -2.51. The second-order valence-corrected chi connectivity index (χ2v) is 7.98. The minimum atomic E-state index is 0.0104. The van der Waals surface area contributed by atoms with Gasteiger partial charge in [-0.25, -0.2) is 9.97 Å². The van der Waals surface area contributed by atoms with Crippen molar-refractivity contribution in [2.75, 3.05) is 25.5 Å². The molecule has 8 heteroatoms. The lowest BCUT2D eigenvalue weighted by molar-refractivity contribution is 0.0994. The van der Waals surface area contributed by atoms with Crippen LogP contribution in [0.25, 0.3) is 10.8 Å². The molecule has 0 bridgehead atoms. The topological polar surface area (TPSA) is 87.0 Å². The van der Waals surface area contributed by atoms with E-state index in [2.05, 4.69) is 66.9 Å². The lowest BCUT2D eigenvalue weighted by Gasteiger charge is -2.29. The van der Waals surface area contributed by atoms with Gasteiger partial charge in [0.1, 0.15) is 18.0 Å². The first-order chi connectivity index (χ1) is 13.6. The molecule has 2 aromatic heterocycles. The first-order valence-electron chi connectivity index (χ1n) is 9.06. The zero-order valence-corrected chi connectivity index (χ0v) is 17.5. The van der Waals surface area contributed by atoms with Crippen molar-refractivity contribution in [2.45, 2.75) is 18.9 Å². The molecule has 0 spiro atoms. The van der Waals surface area contributed by atoms with Crippen LogP contribution in [-0.2, 0) is 0 Å². The molecule has 1 N–H and O–H groups in total. The molecule has 1 atom stereocenters. The fourth-order valence-electron chi connectivity index (χ4n) is 3.30. The van der Waals surface area contributed by atoms with Crippen LogP contribution in [0.5, 0.6) is 5.88 Å². The smallest absolute Gasteiger partial charge is 0.253 e. The lowest BCUT2D eigenvalue weighted by atomic mass is 10.1. The third-order valence-corrected chi connectivity index (χ3v) is 5.61. The number of hydrogen-bond donors (Lipinski definition) is 1. The summed E-state index contributed by atoms with van der Waals surface area (Å²) in [4.78, 5) is 15.4. The van der Waals surface area contributed by atoms with Gasteiger partial charge in [-0.3, -0.25) is 0 Å². The quantitative estimate of drug-likeness (QED) is 0.563. The first kappa shape index (κ1) is 18.8. The molecular weight excluding hydrogens is 467 g/mol. The number of pyridine rings is 1. The van der Waals surface area contributed by atoms with Crippen LogP contribution in [0.1, 0.15) is 18.5 Å². The summed E-state index contributed by atoms with van der Waals surface area (Å²) in [6.07, 6.45) is 5.38. The Bertz CT molecular complexity index is 1050. The summed E-state index contributed by atoms with van der Waals surface area (Å²) in [6, 6.07) is 10.1. The Morgan fingerprint density at radius 2 is 2.18 bits per heavy atom. The van der Waals surface area contributed by atoms with Crippen molar-refractivity contribution >= 4 is 45.0 Å². The Labute approximate surface area is 176 Å². The number of fused-ring (bicyclic) bond motifs is 1. The third-order valence-electron chi connectivity index (χ3n) is 4.67. The molecule has 3 heterocycles. The number of piperidine rings is 1. The maximum Gasteiger partial charge on any atom is 0.253 e. The molecule has 1 saturated heterocycles. The Balaban J connectivity index is 1.57. The molecular formula is C20H19IN6O. The number of hydrogen-bond acceptors (Lipinski definition) is 7. The van der Waals surface area contributed by atoms with E-state index in [-0.39, 0.29) is 17.7 Å². The predicted molar refractivity (Wildman–Crippen MR) is 116 cm³/mol. The molecule has 0 aliphatic carbocycles. The van der Waals surface area contributed by atoms with Crippen LogP contribution in [0.4, 0.5) is 11.6 Å². The number of benzene rings is 1. The molecule has 4 rings (SSSR count). The molecule has 28 heavy (non-hydrogen) atoms. The molecule has 0 amide bonds. The van der Waals surface area contributed by atoms with E-state index in [0.29, 0.717) is 11.6 Å². The van der Waals surface area contributed by atoms with Gasteiger partial charge in [0.2, 0.25) is 5.69 Å². The van der Waals surface area contributed by atoms with Crippen LogP contribution in [-0.4, -0.2) is 46.1 Å². The second-order valence-electron chi connectivity index (χ2n) is 6.82. The molecule has 7 nitrogen and oxygen atoms in total. The number of nitrogens with zero attached hydrogens (tertiary/aromatic N) is 5. The van der Waals surface area contributed by atoms with E-state index in [9.17, 15) is 5.26 Å². The van der Waals surface area contributed by atoms with Crippen molar-refractivity contribution in [2.24, 2.45) is 0 Å². The SMILES string of the molecule is CN1CCCC(Oc2nc(Nc3cc4cccc(I)c4cn3)cnc2C#N)C1. The van der Waals surface area contributed by atoms with E-state index in [4.69, 9.17) is 4.74 Å². The van der Waals surface area contributed by atoms with Gasteiger partial charge in [0.25, 0.3) is 5.88 Å². The van der Waals surface area contributed by atoms with E-state index in [1.165, 1.54) is 6.20 Å². The van der Waals surface area contributed by atoms with Crippen molar-refractivity contribution in [3.8, 4) is 11.9 Å². The highest BCUT2D eigenvalue weighted by Gasteiger charge is 2.21. The van der Waals surface area contributed by atoms with Gasteiger partial charge in [-0.15, -0.1) is 0 Å². The van der Waals surface area contributed by atoms with Crippen LogP contribution in [0.3, 0.4) is 0 Å². The summed E-state index contributed by atoms with van der Waals surface area (Å²) in [6.45, 7) is 1.87. The summed E-state index contributed by atoms with van der Waals surface area (Å²) in [7, 11) is 2.07. The zero-order chi connectivity index (χ0) is 19.5. The maximum atomic E-state index is 9.35. The summed E-state index contributed by atoms with van der Waals surface area (Å²) < 4.78 is 7.17. The van der Waals surface area contributed by atoms with E-state index in [1.807, 2.05) is 24.4 Å². The van der Waals surface area contributed by atoms with Gasteiger partial charge >= 0.3 is 0 Å². The van der Waals surface area contributed by atoms with Crippen LogP contribution < -0.4 is 10.1 Å². The van der Waals surface area contributed by atoms with Crippen molar-refractivity contribution < 1.29 is 4.74 Å². The van der Waals surface area contributed by atoms with E-state index in [1.54, 1.807) is 0 Å². The molecule has 0 radical (unpaired) electrons. The summed E-state index contributed by atoms with van der Waals surface area (Å²) in [5.74, 6) is 1.43. The van der Waals surface area contributed by atoms with Crippen LogP contribution in [0.2, 0.25) is 0 Å². The normalized spacial score (nSPS) is 17.2. The van der Waals surface area contributed by atoms with Gasteiger partial charge in [-0.1, -0.05) is 12.1 Å². The second kappa shape index (κ2) is 8.24. The van der Waals surface area contributed by atoms with Gasteiger partial charge in [-0.05, 0) is 66.5 Å². The molecule has 1 aromatic carbocycles. The fourth-order valence-corrected chi connectivity index (χ4v) is 3.96. The van der Waals surface area contributed by atoms with E-state index >= 15 is 0 Å². The summed E-state index contributed by atoms with van der Waals surface area (Å²) >= 11 is 2.30. The number of rotatable bonds is 4. The molecule has 3 aromatic rings. The predicted octanol–water partition coefficient (Wildman–Crippen LogP) is 3.72. The molecule has 1 aliphatic rings. The average molecular weight is 486 g/mol. The molecule has 0 saturated carbocycles. The zero-order valence-electron chi connectivity index (χ0n) is 15.4. The van der Waals surface area contributed by atoms with Gasteiger partial charge in [0, 0.05) is 21.7 Å². The largest absolute Gasteiger partial charge is 0.471 e. The monoisotopic (exact) mass is 486 g/mol. The van der Waals surface area contributed by atoms with E-state index < -0.39 is 0 Å². The molecule has 1 aliphatic heterocycles. The minimum Gasteiger partial charge on any atom is -0.471 e. The highest BCUT2D eigenvalue weighted by Crippen LogP contribution is 2.25. The Morgan fingerprint density at radius 1 is 1.29 bits per heavy atom. The molecule has 1 unspecified atom stereocenters. The number of anilines is 2. The minimum absolute atomic E-state index is 0.0104. The Morgan fingerprint density at radius 3 is 3.00 bits per heavy atom. The van der Waals surface area contributed by atoms with E-state index in [0.717, 1.165) is 40.3 Å². The highest BCUT2D eigenvalue weighted by atomic mass is 127. The number of ether oxygens (including phenoxy) is 1. The third kappa shape index (κ3) is 4.15. The summed E-state index contributed by atoms with van der Waals surface area (Å²) in [5, 5.41) is 14.7. The van der Waals surface area contributed by atoms with Crippen molar-refractivity contribution in [3.05, 3.63) is 45.9 Å². The van der Waals surface area contributed by atoms with Crippen molar-refractivity contribution in [1.82, 2.24) is 19.9 Å². The number of likely N-dealkylation sites (tertiary alicyclic amines) is 1. The number of halogens is 1. The number of nitrogens with one attached hydrogen (secondary N) is 1. The first-order valence-corrected chi connectivity index (χ1v) is 10.1. The number of likely N-dealkylation sites (N-methyl/N-ethyl adjacent to an activating group) is 1. The van der Waals surface area contributed by atoms with Gasteiger partial charge in [0.15, 0.2) is 5.82 Å². The van der Waals surface area contributed by atoms with Gasteiger partial charge in [-0.2, -0.15) is 10.2 Å².